The molecule has 0 aromatic carbocycles. The summed E-state index contributed by atoms with van der Waals surface area (Å²) in [6.45, 7) is 4.31. The molecule has 0 rings (SSSR count). The second kappa shape index (κ2) is 59.7. The van der Waals surface area contributed by atoms with Crippen molar-refractivity contribution in [3.05, 3.63) is 48.6 Å². The van der Waals surface area contributed by atoms with Crippen LogP contribution < -0.4 is 5.32 Å². The van der Waals surface area contributed by atoms with Gasteiger partial charge in [-0.15, -0.1) is 0 Å². The van der Waals surface area contributed by atoms with E-state index in [9.17, 15) is 15.0 Å². The predicted molar refractivity (Wildman–Crippen MR) is 304 cm³/mol. The number of aliphatic hydroxyl groups is 2. The van der Waals surface area contributed by atoms with Gasteiger partial charge in [0.15, 0.2) is 0 Å². The van der Waals surface area contributed by atoms with Crippen LogP contribution in [0.25, 0.3) is 0 Å². The first-order valence-corrected chi connectivity index (χ1v) is 30.9. The Hall–Kier alpha value is -1.65. The molecular formula is C64H121NO3. The first kappa shape index (κ1) is 66.3. The SMILES string of the molecule is CCCCCCCCC/C=C/CC/C=C/CC/C=C/C(O)C(CO)NC(=O)CCCCCCCCCCCCCCCCCCC/C=C\CCCCCCCCCCCCCCCCCCCC. The molecule has 0 bridgehead atoms. The summed E-state index contributed by atoms with van der Waals surface area (Å²) >= 11 is 0. The van der Waals surface area contributed by atoms with Gasteiger partial charge in [-0.2, -0.15) is 0 Å². The van der Waals surface area contributed by atoms with Crippen molar-refractivity contribution in [1.82, 2.24) is 5.32 Å². The summed E-state index contributed by atoms with van der Waals surface area (Å²) in [4.78, 5) is 12.5. The van der Waals surface area contributed by atoms with Crippen LogP contribution in [0.4, 0.5) is 0 Å². The molecule has 0 aliphatic heterocycles. The lowest BCUT2D eigenvalue weighted by Crippen LogP contribution is -2.45. The second-order valence-electron chi connectivity index (χ2n) is 21.1. The van der Waals surface area contributed by atoms with Gasteiger partial charge in [0.2, 0.25) is 5.91 Å². The Kier molecular flexibility index (Phi) is 58.2. The van der Waals surface area contributed by atoms with Gasteiger partial charge in [-0.25, -0.2) is 0 Å². The fourth-order valence-corrected chi connectivity index (χ4v) is 9.56. The highest BCUT2D eigenvalue weighted by Crippen LogP contribution is 2.17. The lowest BCUT2D eigenvalue weighted by molar-refractivity contribution is -0.123. The summed E-state index contributed by atoms with van der Waals surface area (Å²) in [7, 11) is 0. The molecule has 2 unspecified atom stereocenters. The van der Waals surface area contributed by atoms with Crippen molar-refractivity contribution in [1.29, 1.82) is 0 Å². The summed E-state index contributed by atoms with van der Waals surface area (Å²) in [5.74, 6) is -0.0740. The van der Waals surface area contributed by atoms with E-state index in [0.717, 1.165) is 38.5 Å². The molecule has 4 nitrogen and oxygen atoms in total. The van der Waals surface area contributed by atoms with E-state index >= 15 is 0 Å². The minimum atomic E-state index is -0.870. The van der Waals surface area contributed by atoms with Gasteiger partial charge in [-0.05, 0) is 70.6 Å². The number of hydrogen-bond donors (Lipinski definition) is 3. The molecule has 0 radical (unpaired) electrons. The molecule has 0 aliphatic carbocycles. The number of hydrogen-bond acceptors (Lipinski definition) is 3. The molecule has 0 aromatic heterocycles. The highest BCUT2D eigenvalue weighted by Gasteiger charge is 2.18. The first-order valence-electron chi connectivity index (χ1n) is 30.9. The zero-order valence-corrected chi connectivity index (χ0v) is 46.1. The fourth-order valence-electron chi connectivity index (χ4n) is 9.56. The van der Waals surface area contributed by atoms with E-state index in [4.69, 9.17) is 0 Å². The van der Waals surface area contributed by atoms with Crippen LogP contribution in [-0.4, -0.2) is 34.9 Å². The summed E-state index contributed by atoms with van der Waals surface area (Å²) in [5, 5.41) is 23.1. The van der Waals surface area contributed by atoms with Gasteiger partial charge in [-0.1, -0.05) is 306 Å². The number of allylic oxidation sites excluding steroid dienone is 7. The average molecular weight is 953 g/mol. The molecule has 1 amide bonds. The Bertz CT molecular complexity index is 1080. The summed E-state index contributed by atoms with van der Waals surface area (Å²) in [5.41, 5.74) is 0. The molecule has 400 valence electrons. The third kappa shape index (κ3) is 55.3. The van der Waals surface area contributed by atoms with E-state index in [1.807, 2.05) is 6.08 Å². The number of unbranched alkanes of at least 4 members (excludes halogenated alkanes) is 44. The monoisotopic (exact) mass is 952 g/mol. The lowest BCUT2D eigenvalue weighted by atomic mass is 10.0. The maximum Gasteiger partial charge on any atom is 0.220 e. The molecule has 68 heavy (non-hydrogen) atoms. The topological polar surface area (TPSA) is 69.6 Å². The summed E-state index contributed by atoms with van der Waals surface area (Å²) in [6, 6.07) is -0.646. The van der Waals surface area contributed by atoms with Gasteiger partial charge in [0.1, 0.15) is 0 Å². The number of nitrogens with one attached hydrogen (secondary N) is 1. The highest BCUT2D eigenvalue weighted by atomic mass is 16.3. The molecule has 0 saturated heterocycles. The van der Waals surface area contributed by atoms with Crippen molar-refractivity contribution in [2.75, 3.05) is 6.61 Å². The van der Waals surface area contributed by atoms with E-state index in [1.165, 1.54) is 276 Å². The standard InChI is InChI=1S/C64H121NO3/c1-3-5-7-9-11-13-15-17-19-21-22-23-24-25-26-27-28-29-30-31-32-33-34-35-36-37-38-39-40-41-42-44-46-48-50-52-54-56-58-60-64(68)65-62(61-66)63(67)59-57-55-53-51-49-47-45-43-20-18-16-14-12-10-8-6-4-2/h20,31-32,43,49,51,57,59,62-63,66-67H,3-19,21-30,33-42,44-48,50,52-56,58,60-61H2,1-2H3,(H,65,68)/b32-31-,43-20+,51-49+,59-57+. The van der Waals surface area contributed by atoms with E-state index in [-0.39, 0.29) is 12.5 Å². The van der Waals surface area contributed by atoms with Crippen LogP contribution >= 0.6 is 0 Å². The van der Waals surface area contributed by atoms with E-state index in [1.54, 1.807) is 6.08 Å². The van der Waals surface area contributed by atoms with E-state index in [0.29, 0.717) is 6.42 Å². The first-order chi connectivity index (χ1) is 33.7. The Morgan fingerprint density at radius 3 is 0.853 bits per heavy atom. The summed E-state index contributed by atoms with van der Waals surface area (Å²) in [6.07, 6.45) is 83.2. The number of carbonyl (C=O) groups is 1. The van der Waals surface area contributed by atoms with Gasteiger partial charge in [-0.3, -0.25) is 4.79 Å². The van der Waals surface area contributed by atoms with Crippen LogP contribution in [-0.2, 0) is 4.79 Å². The van der Waals surface area contributed by atoms with Crippen molar-refractivity contribution in [3.8, 4) is 0 Å². The Morgan fingerprint density at radius 2 is 0.574 bits per heavy atom. The summed E-state index contributed by atoms with van der Waals surface area (Å²) < 4.78 is 0. The Labute approximate surface area is 426 Å². The maximum atomic E-state index is 12.5. The number of rotatable bonds is 57. The van der Waals surface area contributed by atoms with Gasteiger partial charge in [0.05, 0.1) is 18.8 Å². The molecule has 0 fully saturated rings. The Balaban J connectivity index is 3.43. The molecule has 3 N–H and O–H groups in total. The van der Waals surface area contributed by atoms with Crippen molar-refractivity contribution >= 4 is 5.91 Å². The average Bonchev–Trinajstić information content (AvgIpc) is 3.34. The maximum absolute atomic E-state index is 12.5. The van der Waals surface area contributed by atoms with Crippen LogP contribution in [0.3, 0.4) is 0 Å². The molecule has 2 atom stereocenters. The zero-order chi connectivity index (χ0) is 49.2. The van der Waals surface area contributed by atoms with Crippen LogP contribution in [0.2, 0.25) is 0 Å². The smallest absolute Gasteiger partial charge is 0.220 e. The van der Waals surface area contributed by atoms with Crippen molar-refractivity contribution in [2.45, 2.75) is 347 Å². The van der Waals surface area contributed by atoms with Crippen LogP contribution in [0.1, 0.15) is 335 Å². The van der Waals surface area contributed by atoms with Crippen molar-refractivity contribution in [3.63, 3.8) is 0 Å². The minimum Gasteiger partial charge on any atom is -0.394 e. The van der Waals surface area contributed by atoms with Crippen LogP contribution in [0.5, 0.6) is 0 Å². The highest BCUT2D eigenvalue weighted by molar-refractivity contribution is 5.76. The second-order valence-corrected chi connectivity index (χ2v) is 21.1. The molecule has 0 saturated carbocycles. The van der Waals surface area contributed by atoms with Gasteiger partial charge >= 0.3 is 0 Å². The van der Waals surface area contributed by atoms with Crippen LogP contribution in [0, 0.1) is 0 Å². The van der Waals surface area contributed by atoms with Gasteiger partial charge in [0, 0.05) is 6.42 Å². The number of aliphatic hydroxyl groups excluding tert-OH is 2. The third-order valence-corrected chi connectivity index (χ3v) is 14.3. The largest absolute Gasteiger partial charge is 0.394 e. The fraction of sp³-hybridized carbons (Fsp3) is 0.859. The third-order valence-electron chi connectivity index (χ3n) is 14.3. The number of carbonyl (C=O) groups excluding carboxylic acids is 1. The molecular weight excluding hydrogens is 831 g/mol. The van der Waals surface area contributed by atoms with Crippen molar-refractivity contribution in [2.24, 2.45) is 0 Å². The van der Waals surface area contributed by atoms with Crippen molar-refractivity contribution < 1.29 is 15.0 Å². The molecule has 4 heteroatoms. The quantitative estimate of drug-likeness (QED) is 0.0420. The number of amides is 1. The van der Waals surface area contributed by atoms with Crippen LogP contribution in [0.15, 0.2) is 48.6 Å². The van der Waals surface area contributed by atoms with E-state index in [2.05, 4.69) is 55.6 Å². The minimum absolute atomic E-state index is 0.0740. The van der Waals surface area contributed by atoms with E-state index < -0.39 is 12.1 Å². The molecule has 0 aliphatic rings. The Morgan fingerprint density at radius 1 is 0.338 bits per heavy atom. The zero-order valence-electron chi connectivity index (χ0n) is 46.1. The molecule has 0 spiro atoms. The normalized spacial score (nSPS) is 13.1. The molecule has 0 heterocycles. The molecule has 0 aromatic rings. The van der Waals surface area contributed by atoms with Gasteiger partial charge in [0.25, 0.3) is 0 Å². The predicted octanol–water partition coefficient (Wildman–Crippen LogP) is 20.6. The van der Waals surface area contributed by atoms with Gasteiger partial charge < -0.3 is 15.5 Å². The lowest BCUT2D eigenvalue weighted by Gasteiger charge is -2.19.